The van der Waals surface area contributed by atoms with Gasteiger partial charge in [-0.2, -0.15) is 0 Å². The van der Waals surface area contributed by atoms with Gasteiger partial charge in [-0.25, -0.2) is 0 Å². The van der Waals surface area contributed by atoms with E-state index in [-0.39, 0.29) is 13.2 Å². The molecule has 22 heavy (non-hydrogen) atoms. The van der Waals surface area contributed by atoms with Crippen LogP contribution >= 0.6 is 0 Å². The summed E-state index contributed by atoms with van der Waals surface area (Å²) in [7, 11) is 0. The Morgan fingerprint density at radius 2 is 1.45 bits per heavy atom. The summed E-state index contributed by atoms with van der Waals surface area (Å²) < 4.78 is 11.9. The lowest BCUT2D eigenvalue weighted by molar-refractivity contribution is -0.156. The second-order valence-corrected chi connectivity index (χ2v) is 4.62. The van der Waals surface area contributed by atoms with Crippen LogP contribution in [0.5, 0.6) is 0 Å². The Morgan fingerprint density at radius 1 is 0.955 bits per heavy atom. The van der Waals surface area contributed by atoms with Crippen molar-refractivity contribution in [2.45, 2.75) is 19.8 Å². The molecule has 0 amide bonds. The largest absolute Gasteiger partial charge is 0.465 e. The van der Waals surface area contributed by atoms with Crippen molar-refractivity contribution in [3.8, 4) is 5.69 Å². The van der Waals surface area contributed by atoms with Gasteiger partial charge in [0.05, 0.1) is 13.2 Å². The van der Waals surface area contributed by atoms with E-state index in [1.54, 1.807) is 26.0 Å². The first-order chi connectivity index (χ1) is 10.7. The molecule has 0 saturated carbocycles. The van der Waals surface area contributed by atoms with Crippen molar-refractivity contribution < 1.29 is 19.1 Å². The lowest BCUT2D eigenvalue weighted by Crippen LogP contribution is -2.26. The highest BCUT2D eigenvalue weighted by molar-refractivity contribution is 6.00. The van der Waals surface area contributed by atoms with Crippen LogP contribution in [0.25, 0.3) is 5.69 Å². The highest BCUT2D eigenvalue weighted by Gasteiger charge is 2.31. The number of esters is 2. The van der Waals surface area contributed by atoms with Gasteiger partial charge in [0, 0.05) is 18.1 Å². The number of hydrogen-bond donors (Lipinski definition) is 0. The van der Waals surface area contributed by atoms with Crippen molar-refractivity contribution in [1.29, 1.82) is 0 Å². The zero-order chi connectivity index (χ0) is 15.9. The maximum Gasteiger partial charge on any atom is 0.324 e. The fourth-order valence-corrected chi connectivity index (χ4v) is 2.17. The topological polar surface area (TPSA) is 57.5 Å². The van der Waals surface area contributed by atoms with Gasteiger partial charge in [0.1, 0.15) is 0 Å². The molecule has 2 aromatic rings. The van der Waals surface area contributed by atoms with Crippen LogP contribution in [0.4, 0.5) is 0 Å². The average Bonchev–Trinajstić information content (AvgIpc) is 3.03. The van der Waals surface area contributed by atoms with Gasteiger partial charge in [0.2, 0.25) is 0 Å². The van der Waals surface area contributed by atoms with Gasteiger partial charge in [0.25, 0.3) is 0 Å². The number of rotatable bonds is 6. The molecule has 0 aliphatic heterocycles. The Balaban J connectivity index is 2.27. The molecular weight excluding hydrogens is 282 g/mol. The molecule has 5 heteroatoms. The summed E-state index contributed by atoms with van der Waals surface area (Å²) in [4.78, 5) is 24.1. The summed E-state index contributed by atoms with van der Waals surface area (Å²) in [6, 6.07) is 11.0. The molecule has 0 N–H and O–H groups in total. The maximum atomic E-state index is 12.0. The van der Waals surface area contributed by atoms with E-state index in [4.69, 9.17) is 9.47 Å². The predicted octanol–water partition coefficient (Wildman–Crippen LogP) is 2.69. The first kappa shape index (κ1) is 15.8. The van der Waals surface area contributed by atoms with Gasteiger partial charge in [-0.1, -0.05) is 12.1 Å². The van der Waals surface area contributed by atoms with E-state index in [9.17, 15) is 9.59 Å². The minimum atomic E-state index is -1.04. The average molecular weight is 301 g/mol. The highest BCUT2D eigenvalue weighted by atomic mass is 16.6. The molecule has 0 spiro atoms. The van der Waals surface area contributed by atoms with E-state index < -0.39 is 17.9 Å². The van der Waals surface area contributed by atoms with Crippen molar-refractivity contribution in [3.63, 3.8) is 0 Å². The lowest BCUT2D eigenvalue weighted by Gasteiger charge is -2.15. The summed E-state index contributed by atoms with van der Waals surface area (Å²) in [5.74, 6) is -2.22. The van der Waals surface area contributed by atoms with Crippen LogP contribution in [0.3, 0.4) is 0 Å². The predicted molar refractivity (Wildman–Crippen MR) is 81.8 cm³/mol. The number of carbonyl (C=O) groups is 2. The van der Waals surface area contributed by atoms with Crippen molar-refractivity contribution in [2.75, 3.05) is 13.2 Å². The smallest absolute Gasteiger partial charge is 0.324 e. The Morgan fingerprint density at radius 3 is 1.91 bits per heavy atom. The minimum absolute atomic E-state index is 0.218. The number of nitrogens with zero attached hydrogens (tertiary/aromatic N) is 1. The summed E-state index contributed by atoms with van der Waals surface area (Å²) in [5, 5.41) is 0. The van der Waals surface area contributed by atoms with Crippen LogP contribution < -0.4 is 0 Å². The molecule has 0 fully saturated rings. The van der Waals surface area contributed by atoms with Crippen molar-refractivity contribution >= 4 is 11.9 Å². The van der Waals surface area contributed by atoms with Crippen LogP contribution in [0.15, 0.2) is 48.8 Å². The zero-order valence-electron chi connectivity index (χ0n) is 12.7. The number of carbonyl (C=O) groups excluding carboxylic acids is 2. The summed E-state index contributed by atoms with van der Waals surface area (Å²) >= 11 is 0. The number of ether oxygens (including phenoxy) is 2. The molecule has 0 unspecified atom stereocenters. The molecule has 0 bridgehead atoms. The quantitative estimate of drug-likeness (QED) is 0.608. The van der Waals surface area contributed by atoms with Crippen LogP contribution in [0, 0.1) is 0 Å². The van der Waals surface area contributed by atoms with Gasteiger partial charge in [-0.05, 0) is 43.7 Å². The number of benzene rings is 1. The fourth-order valence-electron chi connectivity index (χ4n) is 2.17. The third kappa shape index (κ3) is 3.55. The van der Waals surface area contributed by atoms with Gasteiger partial charge < -0.3 is 14.0 Å². The van der Waals surface area contributed by atoms with E-state index in [0.717, 1.165) is 5.69 Å². The SMILES string of the molecule is CCOC(=O)C(C(=O)OCC)c1ccc(-n2cccc2)cc1. The molecule has 0 aliphatic rings. The first-order valence-electron chi connectivity index (χ1n) is 7.24. The molecule has 116 valence electrons. The minimum Gasteiger partial charge on any atom is -0.465 e. The standard InChI is InChI=1S/C17H19NO4/c1-3-21-16(19)15(17(20)22-4-2)13-7-9-14(10-8-13)18-11-5-6-12-18/h5-12,15H,3-4H2,1-2H3. The molecule has 2 rings (SSSR count). The molecule has 1 heterocycles. The van der Waals surface area contributed by atoms with E-state index in [0.29, 0.717) is 5.56 Å². The molecule has 0 atom stereocenters. The number of aromatic nitrogens is 1. The Labute approximate surface area is 129 Å². The Bertz CT molecular complexity index is 599. The molecule has 5 nitrogen and oxygen atoms in total. The van der Waals surface area contributed by atoms with E-state index in [1.807, 2.05) is 41.2 Å². The van der Waals surface area contributed by atoms with Crippen LogP contribution in [0.1, 0.15) is 25.3 Å². The molecule has 1 aromatic heterocycles. The van der Waals surface area contributed by atoms with Gasteiger partial charge in [0.15, 0.2) is 5.92 Å². The van der Waals surface area contributed by atoms with Crippen molar-refractivity contribution in [2.24, 2.45) is 0 Å². The summed E-state index contributed by atoms with van der Waals surface area (Å²) in [5.41, 5.74) is 1.51. The highest BCUT2D eigenvalue weighted by Crippen LogP contribution is 2.21. The van der Waals surface area contributed by atoms with E-state index in [2.05, 4.69) is 0 Å². The first-order valence-corrected chi connectivity index (χ1v) is 7.24. The lowest BCUT2D eigenvalue weighted by atomic mass is 9.99. The maximum absolute atomic E-state index is 12.0. The third-order valence-electron chi connectivity index (χ3n) is 3.17. The third-order valence-corrected chi connectivity index (χ3v) is 3.17. The Hall–Kier alpha value is -2.56. The zero-order valence-corrected chi connectivity index (χ0v) is 12.7. The van der Waals surface area contributed by atoms with Crippen LogP contribution in [-0.2, 0) is 19.1 Å². The second-order valence-electron chi connectivity index (χ2n) is 4.62. The van der Waals surface area contributed by atoms with Gasteiger partial charge in [-0.15, -0.1) is 0 Å². The van der Waals surface area contributed by atoms with Gasteiger partial charge >= 0.3 is 11.9 Å². The number of hydrogen-bond acceptors (Lipinski definition) is 4. The van der Waals surface area contributed by atoms with Crippen LogP contribution in [0.2, 0.25) is 0 Å². The molecule has 0 saturated heterocycles. The second kappa shape index (κ2) is 7.45. The molecule has 0 radical (unpaired) electrons. The van der Waals surface area contributed by atoms with Crippen molar-refractivity contribution in [3.05, 3.63) is 54.4 Å². The monoisotopic (exact) mass is 301 g/mol. The molecule has 1 aromatic carbocycles. The molecular formula is C17H19NO4. The Kier molecular flexibility index (Phi) is 5.36. The van der Waals surface area contributed by atoms with Gasteiger partial charge in [-0.3, -0.25) is 9.59 Å². The summed E-state index contributed by atoms with van der Waals surface area (Å²) in [6.07, 6.45) is 3.84. The van der Waals surface area contributed by atoms with Crippen molar-refractivity contribution in [1.82, 2.24) is 4.57 Å². The normalized spacial score (nSPS) is 10.5. The fraction of sp³-hybridized carbons (Fsp3) is 0.294. The van der Waals surface area contributed by atoms with E-state index >= 15 is 0 Å². The molecule has 0 aliphatic carbocycles. The van der Waals surface area contributed by atoms with E-state index in [1.165, 1.54) is 0 Å². The van der Waals surface area contributed by atoms with Crippen LogP contribution in [-0.4, -0.2) is 29.7 Å². The summed E-state index contributed by atoms with van der Waals surface area (Å²) in [6.45, 7) is 3.84.